The summed E-state index contributed by atoms with van der Waals surface area (Å²) in [4.78, 5) is 11.5. The van der Waals surface area contributed by atoms with Crippen LogP contribution in [0.5, 0.6) is 5.75 Å². The number of benzene rings is 1. The average Bonchev–Trinajstić information content (AvgIpc) is 2.44. The molecule has 5 nitrogen and oxygen atoms in total. The molecule has 1 unspecified atom stereocenters. The van der Waals surface area contributed by atoms with Gasteiger partial charge in [0.2, 0.25) is 5.91 Å². The van der Waals surface area contributed by atoms with Crippen LogP contribution in [0.1, 0.15) is 18.9 Å². The molecule has 0 saturated carbocycles. The van der Waals surface area contributed by atoms with E-state index in [1.165, 1.54) is 0 Å². The van der Waals surface area contributed by atoms with E-state index in [1.54, 1.807) is 0 Å². The molecule has 0 fully saturated rings. The Balaban J connectivity index is 2.01. The number of nitrogens with one attached hydrogen (secondary N) is 1. The molecule has 0 bridgehead atoms. The molecule has 2 N–H and O–H groups in total. The second-order valence-corrected chi connectivity index (χ2v) is 4.54. The molecule has 0 saturated heterocycles. The maximum absolute atomic E-state index is 11.5. The zero-order chi connectivity index (χ0) is 13.7. The molecule has 1 heterocycles. The molecule has 0 aromatic heterocycles. The standard InChI is InChI=1S/C14H19NO4/c1-2-18-9-13(16)15-10-14(17)7-8-19-12-6-4-3-5-11(12)14/h3-6,17H,2,7-10H2,1H3,(H,15,16). The van der Waals surface area contributed by atoms with E-state index in [0.717, 1.165) is 5.56 Å². The molecule has 0 spiro atoms. The number of rotatable bonds is 5. The lowest BCUT2D eigenvalue weighted by molar-refractivity contribution is -0.127. The third kappa shape index (κ3) is 3.24. The predicted molar refractivity (Wildman–Crippen MR) is 70.0 cm³/mol. The quantitative estimate of drug-likeness (QED) is 0.826. The van der Waals surface area contributed by atoms with Gasteiger partial charge < -0.3 is 19.9 Å². The number of ether oxygens (including phenoxy) is 2. The number of carbonyl (C=O) groups excluding carboxylic acids is 1. The van der Waals surface area contributed by atoms with Crippen molar-refractivity contribution in [3.63, 3.8) is 0 Å². The van der Waals surface area contributed by atoms with E-state index in [4.69, 9.17) is 9.47 Å². The van der Waals surface area contributed by atoms with Crippen molar-refractivity contribution in [2.45, 2.75) is 18.9 Å². The van der Waals surface area contributed by atoms with Gasteiger partial charge in [-0.05, 0) is 13.0 Å². The number of amides is 1. The first-order chi connectivity index (χ1) is 9.15. The molecule has 1 aliphatic heterocycles. The lowest BCUT2D eigenvalue weighted by atomic mass is 9.88. The topological polar surface area (TPSA) is 67.8 Å². The van der Waals surface area contributed by atoms with Crippen molar-refractivity contribution in [2.24, 2.45) is 0 Å². The highest BCUT2D eigenvalue weighted by molar-refractivity contribution is 5.77. The summed E-state index contributed by atoms with van der Waals surface area (Å²) >= 11 is 0. The lowest BCUT2D eigenvalue weighted by Gasteiger charge is -2.34. The minimum Gasteiger partial charge on any atom is -0.493 e. The van der Waals surface area contributed by atoms with Crippen molar-refractivity contribution in [1.82, 2.24) is 5.32 Å². The third-order valence-corrected chi connectivity index (χ3v) is 3.18. The first kappa shape index (κ1) is 13.8. The Bertz CT molecular complexity index is 449. The van der Waals surface area contributed by atoms with E-state index in [9.17, 15) is 9.90 Å². The zero-order valence-electron chi connectivity index (χ0n) is 11.0. The van der Waals surface area contributed by atoms with Gasteiger partial charge in [-0.25, -0.2) is 0 Å². The molecule has 1 atom stereocenters. The van der Waals surface area contributed by atoms with Crippen LogP contribution in [0.25, 0.3) is 0 Å². The summed E-state index contributed by atoms with van der Waals surface area (Å²) in [6, 6.07) is 7.35. The molecule has 0 radical (unpaired) electrons. The van der Waals surface area contributed by atoms with Gasteiger partial charge in [0.25, 0.3) is 0 Å². The number of para-hydroxylation sites is 1. The number of hydrogen-bond acceptors (Lipinski definition) is 4. The maximum Gasteiger partial charge on any atom is 0.246 e. The van der Waals surface area contributed by atoms with E-state index in [0.29, 0.717) is 25.4 Å². The molecule has 0 aliphatic carbocycles. The molecular weight excluding hydrogens is 246 g/mol. The molecule has 1 aliphatic rings. The fourth-order valence-corrected chi connectivity index (χ4v) is 2.12. The summed E-state index contributed by atoms with van der Waals surface area (Å²) in [6.45, 7) is 2.95. The van der Waals surface area contributed by atoms with Gasteiger partial charge in [0.05, 0.1) is 13.2 Å². The van der Waals surface area contributed by atoms with Crippen LogP contribution in [0.3, 0.4) is 0 Å². The number of fused-ring (bicyclic) bond motifs is 1. The maximum atomic E-state index is 11.5. The smallest absolute Gasteiger partial charge is 0.246 e. The van der Waals surface area contributed by atoms with Crippen LogP contribution < -0.4 is 10.1 Å². The Morgan fingerprint density at radius 3 is 3.11 bits per heavy atom. The van der Waals surface area contributed by atoms with E-state index in [1.807, 2.05) is 31.2 Å². The van der Waals surface area contributed by atoms with Crippen LogP contribution >= 0.6 is 0 Å². The van der Waals surface area contributed by atoms with Gasteiger partial charge in [0.1, 0.15) is 18.0 Å². The Morgan fingerprint density at radius 1 is 1.53 bits per heavy atom. The second-order valence-electron chi connectivity index (χ2n) is 4.54. The van der Waals surface area contributed by atoms with Crippen LogP contribution in [0.4, 0.5) is 0 Å². The lowest BCUT2D eigenvalue weighted by Crippen LogP contribution is -2.44. The van der Waals surface area contributed by atoms with Crippen LogP contribution in [0.15, 0.2) is 24.3 Å². The Kier molecular flexibility index (Phi) is 4.39. The Labute approximate surface area is 112 Å². The minimum absolute atomic E-state index is 0.0186. The van der Waals surface area contributed by atoms with Crippen molar-refractivity contribution >= 4 is 5.91 Å². The second kappa shape index (κ2) is 6.04. The van der Waals surface area contributed by atoms with Crippen molar-refractivity contribution in [1.29, 1.82) is 0 Å². The molecule has 1 aromatic carbocycles. The van der Waals surface area contributed by atoms with Gasteiger partial charge >= 0.3 is 0 Å². The summed E-state index contributed by atoms with van der Waals surface area (Å²) in [5.41, 5.74) is -0.352. The van der Waals surface area contributed by atoms with Gasteiger partial charge in [0.15, 0.2) is 0 Å². The van der Waals surface area contributed by atoms with E-state index in [-0.39, 0.29) is 19.1 Å². The number of hydrogen-bond donors (Lipinski definition) is 2. The SMILES string of the molecule is CCOCC(=O)NCC1(O)CCOc2ccccc21. The van der Waals surface area contributed by atoms with Crippen LogP contribution in [0.2, 0.25) is 0 Å². The summed E-state index contributed by atoms with van der Waals surface area (Å²) in [5.74, 6) is 0.453. The van der Waals surface area contributed by atoms with Crippen molar-refractivity contribution in [2.75, 3.05) is 26.4 Å². The van der Waals surface area contributed by atoms with Gasteiger partial charge in [0, 0.05) is 18.6 Å². The first-order valence-electron chi connectivity index (χ1n) is 6.45. The highest BCUT2D eigenvalue weighted by Gasteiger charge is 2.35. The predicted octanol–water partition coefficient (Wildman–Crippen LogP) is 0.809. The third-order valence-electron chi connectivity index (χ3n) is 3.18. The van der Waals surface area contributed by atoms with E-state index in [2.05, 4.69) is 5.32 Å². The average molecular weight is 265 g/mol. The normalized spacial score (nSPS) is 21.4. The number of aliphatic hydroxyl groups is 1. The van der Waals surface area contributed by atoms with E-state index >= 15 is 0 Å². The molecule has 19 heavy (non-hydrogen) atoms. The van der Waals surface area contributed by atoms with E-state index < -0.39 is 5.60 Å². The van der Waals surface area contributed by atoms with Crippen LogP contribution in [-0.2, 0) is 15.1 Å². The molecule has 1 aromatic rings. The monoisotopic (exact) mass is 265 g/mol. The van der Waals surface area contributed by atoms with Gasteiger partial charge in [-0.3, -0.25) is 4.79 Å². The Morgan fingerprint density at radius 2 is 2.32 bits per heavy atom. The number of carbonyl (C=O) groups is 1. The minimum atomic E-state index is -1.07. The first-order valence-corrected chi connectivity index (χ1v) is 6.45. The highest BCUT2D eigenvalue weighted by Crippen LogP contribution is 2.36. The fraction of sp³-hybridized carbons (Fsp3) is 0.500. The zero-order valence-corrected chi connectivity index (χ0v) is 11.0. The molecule has 2 rings (SSSR count). The van der Waals surface area contributed by atoms with Crippen LogP contribution in [0, 0.1) is 0 Å². The van der Waals surface area contributed by atoms with Crippen molar-refractivity contribution in [3.8, 4) is 5.75 Å². The summed E-state index contributed by atoms with van der Waals surface area (Å²) < 4.78 is 10.5. The molecule has 1 amide bonds. The fourth-order valence-electron chi connectivity index (χ4n) is 2.12. The summed E-state index contributed by atoms with van der Waals surface area (Å²) in [5, 5.41) is 13.4. The Hall–Kier alpha value is -1.59. The summed E-state index contributed by atoms with van der Waals surface area (Å²) in [7, 11) is 0. The molecular formula is C14H19NO4. The van der Waals surface area contributed by atoms with Gasteiger partial charge in [-0.15, -0.1) is 0 Å². The van der Waals surface area contributed by atoms with Gasteiger partial charge in [-0.2, -0.15) is 0 Å². The summed E-state index contributed by atoms with van der Waals surface area (Å²) in [6.07, 6.45) is 0.457. The van der Waals surface area contributed by atoms with Gasteiger partial charge in [-0.1, -0.05) is 18.2 Å². The highest BCUT2D eigenvalue weighted by atomic mass is 16.5. The van der Waals surface area contributed by atoms with Crippen molar-refractivity contribution < 1.29 is 19.4 Å². The van der Waals surface area contributed by atoms with Crippen molar-refractivity contribution in [3.05, 3.63) is 29.8 Å². The molecule has 104 valence electrons. The molecule has 5 heteroatoms. The van der Waals surface area contributed by atoms with Crippen LogP contribution in [-0.4, -0.2) is 37.4 Å². The largest absolute Gasteiger partial charge is 0.493 e.